The van der Waals surface area contributed by atoms with Crippen LogP contribution in [-0.2, 0) is 9.53 Å². The van der Waals surface area contributed by atoms with Gasteiger partial charge < -0.3 is 20.7 Å². The Morgan fingerprint density at radius 2 is 1.95 bits per heavy atom. The molecule has 2 saturated heterocycles. The van der Waals surface area contributed by atoms with Crippen molar-refractivity contribution in [3.05, 3.63) is 30.3 Å². The first-order valence-corrected chi connectivity index (χ1v) is 8.18. The van der Waals surface area contributed by atoms with Crippen molar-refractivity contribution in [3.8, 4) is 0 Å². The average molecular weight is 303 g/mol. The van der Waals surface area contributed by atoms with E-state index in [1.165, 1.54) is 0 Å². The topological polar surface area (TPSA) is 67.6 Å². The first kappa shape index (κ1) is 15.3. The van der Waals surface area contributed by atoms with Gasteiger partial charge in [0, 0.05) is 38.0 Å². The third-order valence-electron chi connectivity index (χ3n) is 4.70. The predicted octanol–water partition coefficient (Wildman–Crippen LogP) is 1.45. The quantitative estimate of drug-likeness (QED) is 0.883. The summed E-state index contributed by atoms with van der Waals surface area (Å²) >= 11 is 0. The number of ether oxygens (including phenoxy) is 1. The number of carbonyl (C=O) groups is 1. The van der Waals surface area contributed by atoms with Crippen LogP contribution in [0, 0.1) is 5.92 Å². The molecular formula is C17H25N3O2. The highest BCUT2D eigenvalue weighted by molar-refractivity contribution is 5.82. The van der Waals surface area contributed by atoms with E-state index < -0.39 is 0 Å². The number of para-hydroxylation sites is 1. The Morgan fingerprint density at radius 1 is 1.23 bits per heavy atom. The molecule has 3 N–H and O–H groups in total. The molecule has 120 valence electrons. The van der Waals surface area contributed by atoms with Gasteiger partial charge in [0.2, 0.25) is 5.91 Å². The van der Waals surface area contributed by atoms with Gasteiger partial charge in [0.25, 0.3) is 0 Å². The maximum absolute atomic E-state index is 12.6. The first-order chi connectivity index (χ1) is 10.7. The maximum atomic E-state index is 12.6. The zero-order valence-corrected chi connectivity index (χ0v) is 12.9. The van der Waals surface area contributed by atoms with Crippen molar-refractivity contribution >= 4 is 11.6 Å². The normalized spacial score (nSPS) is 24.2. The van der Waals surface area contributed by atoms with Crippen LogP contribution in [-0.4, -0.2) is 49.2 Å². The highest BCUT2D eigenvalue weighted by atomic mass is 16.5. The number of rotatable bonds is 4. The standard InChI is InChI=1S/C17H25N3O2/c18-16(13-7-10-22-11-8-13)17(21)20-9-6-15(12-20)19-14-4-2-1-3-5-14/h1-5,13,15-16,19H,6-12,18H2. The van der Waals surface area contributed by atoms with Gasteiger partial charge in [-0.15, -0.1) is 0 Å². The van der Waals surface area contributed by atoms with E-state index in [-0.39, 0.29) is 17.9 Å². The van der Waals surface area contributed by atoms with Gasteiger partial charge >= 0.3 is 0 Å². The number of benzene rings is 1. The minimum absolute atomic E-state index is 0.101. The number of likely N-dealkylation sites (tertiary alicyclic amines) is 1. The summed E-state index contributed by atoms with van der Waals surface area (Å²) in [4.78, 5) is 14.5. The summed E-state index contributed by atoms with van der Waals surface area (Å²) < 4.78 is 5.35. The molecule has 2 fully saturated rings. The van der Waals surface area contributed by atoms with Crippen LogP contribution in [0.15, 0.2) is 30.3 Å². The fourth-order valence-electron chi connectivity index (χ4n) is 3.34. The molecule has 22 heavy (non-hydrogen) atoms. The Labute approximate surface area is 131 Å². The Kier molecular flexibility index (Phi) is 4.95. The summed E-state index contributed by atoms with van der Waals surface area (Å²) in [6.07, 6.45) is 2.76. The van der Waals surface area contributed by atoms with E-state index in [1.54, 1.807) is 0 Å². The highest BCUT2D eigenvalue weighted by Crippen LogP contribution is 2.21. The lowest BCUT2D eigenvalue weighted by Gasteiger charge is -2.29. The largest absolute Gasteiger partial charge is 0.381 e. The number of nitrogens with zero attached hydrogens (tertiary/aromatic N) is 1. The Balaban J connectivity index is 1.52. The van der Waals surface area contributed by atoms with E-state index in [4.69, 9.17) is 10.5 Å². The van der Waals surface area contributed by atoms with Crippen LogP contribution in [0.4, 0.5) is 5.69 Å². The van der Waals surface area contributed by atoms with E-state index in [9.17, 15) is 4.79 Å². The molecule has 3 rings (SSSR count). The fourth-order valence-corrected chi connectivity index (χ4v) is 3.34. The van der Waals surface area contributed by atoms with E-state index in [2.05, 4.69) is 17.4 Å². The number of amides is 1. The van der Waals surface area contributed by atoms with Crippen molar-refractivity contribution in [3.63, 3.8) is 0 Å². The lowest BCUT2D eigenvalue weighted by atomic mass is 9.91. The lowest BCUT2D eigenvalue weighted by Crippen LogP contribution is -2.48. The lowest BCUT2D eigenvalue weighted by molar-refractivity contribution is -0.133. The molecule has 5 nitrogen and oxygen atoms in total. The molecule has 2 aliphatic rings. The molecule has 0 bridgehead atoms. The Hall–Kier alpha value is -1.59. The van der Waals surface area contributed by atoms with Crippen LogP contribution in [0.2, 0.25) is 0 Å². The monoisotopic (exact) mass is 303 g/mol. The molecule has 0 radical (unpaired) electrons. The van der Waals surface area contributed by atoms with Gasteiger partial charge in [-0.1, -0.05) is 18.2 Å². The van der Waals surface area contributed by atoms with Crippen LogP contribution < -0.4 is 11.1 Å². The van der Waals surface area contributed by atoms with E-state index in [0.717, 1.165) is 51.3 Å². The molecule has 0 aliphatic carbocycles. The summed E-state index contributed by atoms with van der Waals surface area (Å²) in [5.74, 6) is 0.367. The smallest absolute Gasteiger partial charge is 0.239 e. The maximum Gasteiger partial charge on any atom is 0.239 e. The van der Waals surface area contributed by atoms with Gasteiger partial charge in [-0.25, -0.2) is 0 Å². The molecule has 2 heterocycles. The number of nitrogens with one attached hydrogen (secondary N) is 1. The minimum atomic E-state index is -0.376. The third kappa shape index (κ3) is 3.59. The number of anilines is 1. The van der Waals surface area contributed by atoms with Crippen LogP contribution in [0.3, 0.4) is 0 Å². The number of hydrogen-bond acceptors (Lipinski definition) is 4. The van der Waals surface area contributed by atoms with Crippen LogP contribution in [0.1, 0.15) is 19.3 Å². The molecule has 0 spiro atoms. The van der Waals surface area contributed by atoms with Crippen LogP contribution in [0.25, 0.3) is 0 Å². The average Bonchev–Trinajstić information content (AvgIpc) is 3.04. The molecule has 2 aliphatic heterocycles. The zero-order valence-electron chi connectivity index (χ0n) is 12.9. The molecule has 5 heteroatoms. The Bertz CT molecular complexity index is 488. The van der Waals surface area contributed by atoms with E-state index in [0.29, 0.717) is 6.04 Å². The number of carbonyl (C=O) groups excluding carboxylic acids is 1. The number of nitrogens with two attached hydrogens (primary N) is 1. The van der Waals surface area contributed by atoms with Gasteiger partial charge in [-0.3, -0.25) is 4.79 Å². The van der Waals surface area contributed by atoms with Crippen molar-refractivity contribution in [2.24, 2.45) is 11.7 Å². The zero-order chi connectivity index (χ0) is 15.4. The van der Waals surface area contributed by atoms with Gasteiger partial charge in [0.15, 0.2) is 0 Å². The minimum Gasteiger partial charge on any atom is -0.381 e. The van der Waals surface area contributed by atoms with Crippen molar-refractivity contribution in [1.82, 2.24) is 4.90 Å². The molecule has 1 aromatic rings. The summed E-state index contributed by atoms with van der Waals surface area (Å²) in [5, 5.41) is 3.49. The van der Waals surface area contributed by atoms with Gasteiger partial charge in [0.1, 0.15) is 0 Å². The van der Waals surface area contributed by atoms with Gasteiger partial charge in [0.05, 0.1) is 6.04 Å². The van der Waals surface area contributed by atoms with Crippen molar-refractivity contribution in [2.75, 3.05) is 31.6 Å². The summed E-state index contributed by atoms with van der Waals surface area (Å²) in [5.41, 5.74) is 7.31. The van der Waals surface area contributed by atoms with Gasteiger partial charge in [-0.2, -0.15) is 0 Å². The fraction of sp³-hybridized carbons (Fsp3) is 0.588. The highest BCUT2D eigenvalue weighted by Gasteiger charge is 2.33. The second kappa shape index (κ2) is 7.11. The SMILES string of the molecule is NC(C(=O)N1CCC(Nc2ccccc2)C1)C1CCOCC1. The second-order valence-electron chi connectivity index (χ2n) is 6.26. The van der Waals surface area contributed by atoms with E-state index >= 15 is 0 Å². The second-order valence-corrected chi connectivity index (χ2v) is 6.26. The van der Waals surface area contributed by atoms with Crippen molar-refractivity contribution in [2.45, 2.75) is 31.3 Å². The summed E-state index contributed by atoms with van der Waals surface area (Å²) in [6, 6.07) is 10.1. The molecule has 1 amide bonds. The molecule has 2 atom stereocenters. The summed E-state index contributed by atoms with van der Waals surface area (Å²) in [6.45, 7) is 2.98. The molecular weight excluding hydrogens is 278 g/mol. The number of hydrogen-bond donors (Lipinski definition) is 2. The molecule has 1 aromatic carbocycles. The first-order valence-electron chi connectivity index (χ1n) is 8.18. The molecule has 0 aromatic heterocycles. The summed E-state index contributed by atoms with van der Waals surface area (Å²) in [7, 11) is 0. The van der Waals surface area contributed by atoms with E-state index in [1.807, 2.05) is 23.1 Å². The molecule has 2 unspecified atom stereocenters. The van der Waals surface area contributed by atoms with Crippen molar-refractivity contribution in [1.29, 1.82) is 0 Å². The molecule has 0 saturated carbocycles. The predicted molar refractivity (Wildman–Crippen MR) is 86.6 cm³/mol. The van der Waals surface area contributed by atoms with Gasteiger partial charge in [-0.05, 0) is 37.3 Å². The van der Waals surface area contributed by atoms with Crippen molar-refractivity contribution < 1.29 is 9.53 Å². The third-order valence-corrected chi connectivity index (χ3v) is 4.70. The van der Waals surface area contributed by atoms with Crippen LogP contribution >= 0.6 is 0 Å². The Morgan fingerprint density at radius 3 is 2.68 bits per heavy atom. The van der Waals surface area contributed by atoms with Crippen LogP contribution in [0.5, 0.6) is 0 Å².